The van der Waals surface area contributed by atoms with Crippen molar-refractivity contribution in [3.63, 3.8) is 0 Å². The van der Waals surface area contributed by atoms with Gasteiger partial charge >= 0.3 is 0 Å². The van der Waals surface area contributed by atoms with E-state index in [9.17, 15) is 14.7 Å². The fraction of sp³-hybridized carbons (Fsp3) is 0.931. The zero-order chi connectivity index (χ0) is 28.5. The Kier molecular flexibility index (Phi) is 18.0. The quantitative estimate of drug-likeness (QED) is 0.132. The second-order valence-corrected chi connectivity index (χ2v) is 11.6. The van der Waals surface area contributed by atoms with E-state index in [2.05, 4.69) is 0 Å². The Morgan fingerprint density at radius 2 is 1.19 bits per heavy atom. The van der Waals surface area contributed by atoms with Crippen LogP contribution in [0.15, 0.2) is 0 Å². The van der Waals surface area contributed by atoms with Crippen LogP contribution in [-0.2, 0) is 28.5 Å². The fourth-order valence-electron chi connectivity index (χ4n) is 3.60. The van der Waals surface area contributed by atoms with Gasteiger partial charge in [0.05, 0.1) is 25.9 Å². The smallest absolute Gasteiger partial charge is 0.164 e. The van der Waals surface area contributed by atoms with Crippen molar-refractivity contribution in [1.82, 2.24) is 0 Å². The molecule has 2 atom stereocenters. The normalized spacial score (nSPS) is 15.1. The van der Waals surface area contributed by atoms with Gasteiger partial charge in [0.15, 0.2) is 11.6 Å². The van der Waals surface area contributed by atoms with E-state index in [-0.39, 0.29) is 43.7 Å². The number of unbranched alkanes of at least 4 members (excludes halogenated alkanes) is 4. The molecule has 3 N–H and O–H groups in total. The molecule has 0 aliphatic carbocycles. The van der Waals surface area contributed by atoms with Crippen LogP contribution in [0.25, 0.3) is 0 Å². The second-order valence-electron chi connectivity index (χ2n) is 11.6. The first kappa shape index (κ1) is 36.1. The van der Waals surface area contributed by atoms with Gasteiger partial charge in [-0.2, -0.15) is 0 Å². The molecule has 0 amide bonds. The van der Waals surface area contributed by atoms with Crippen LogP contribution in [0.2, 0.25) is 0 Å². The minimum Gasteiger partial charge on any atom is -0.396 e. The van der Waals surface area contributed by atoms with Crippen LogP contribution >= 0.6 is 0 Å². The highest BCUT2D eigenvalue weighted by Crippen LogP contribution is 2.29. The molecule has 220 valence electrons. The summed E-state index contributed by atoms with van der Waals surface area (Å²) >= 11 is 0. The van der Waals surface area contributed by atoms with Gasteiger partial charge in [0.2, 0.25) is 0 Å². The third kappa shape index (κ3) is 16.0. The number of hydrogen-bond donors (Lipinski definition) is 2. The van der Waals surface area contributed by atoms with Gasteiger partial charge in [-0.15, -0.1) is 0 Å². The molecule has 0 bridgehead atoms. The predicted octanol–water partition coefficient (Wildman–Crippen LogP) is 4.97. The molecule has 2 unspecified atom stereocenters. The summed E-state index contributed by atoms with van der Waals surface area (Å²) in [7, 11) is 0. The maximum Gasteiger partial charge on any atom is 0.164 e. The number of rotatable bonds is 24. The van der Waals surface area contributed by atoms with Crippen molar-refractivity contribution in [2.24, 2.45) is 11.1 Å². The lowest BCUT2D eigenvalue weighted by Gasteiger charge is -2.37. The molecule has 8 heteroatoms. The molecule has 0 saturated heterocycles. The monoisotopic (exact) mass is 531 g/mol. The SMILES string of the molecule is CCC(CO)(COC(C)(C)C(=O)CCCCCOC(C)C)COC(C)(C)C(=O)CCCCCOC(C)N. The van der Waals surface area contributed by atoms with Crippen LogP contribution in [0.1, 0.15) is 113 Å². The summed E-state index contributed by atoms with van der Waals surface area (Å²) in [5, 5.41) is 10.2. The van der Waals surface area contributed by atoms with Crippen molar-refractivity contribution in [2.75, 3.05) is 33.0 Å². The number of Topliss-reactive ketones (excluding diaryl/α,β-unsaturated/α-hetero) is 2. The summed E-state index contributed by atoms with van der Waals surface area (Å²) in [6, 6.07) is 0. The van der Waals surface area contributed by atoms with Crippen LogP contribution in [0.4, 0.5) is 0 Å². The highest BCUT2D eigenvalue weighted by atomic mass is 16.5. The summed E-state index contributed by atoms with van der Waals surface area (Å²) in [6.07, 6.45) is 6.58. The van der Waals surface area contributed by atoms with Gasteiger partial charge in [0, 0.05) is 31.5 Å². The second kappa shape index (κ2) is 18.4. The number of ether oxygens (including phenoxy) is 4. The highest BCUT2D eigenvalue weighted by Gasteiger charge is 2.37. The molecule has 37 heavy (non-hydrogen) atoms. The molecule has 0 aromatic rings. The summed E-state index contributed by atoms with van der Waals surface area (Å²) in [4.78, 5) is 25.6. The molecule has 0 fully saturated rings. The maximum absolute atomic E-state index is 12.8. The van der Waals surface area contributed by atoms with Crippen LogP contribution < -0.4 is 5.73 Å². The first-order valence-corrected chi connectivity index (χ1v) is 14.2. The molecule has 8 nitrogen and oxygen atoms in total. The van der Waals surface area contributed by atoms with Crippen LogP contribution in [-0.4, -0.2) is 73.2 Å². The molecule has 0 rings (SSSR count). The molecule has 0 heterocycles. The van der Waals surface area contributed by atoms with Gasteiger partial charge in [0.25, 0.3) is 0 Å². The molecule has 0 aliphatic rings. The van der Waals surface area contributed by atoms with Gasteiger partial charge in [-0.25, -0.2) is 0 Å². The van der Waals surface area contributed by atoms with Crippen molar-refractivity contribution in [1.29, 1.82) is 0 Å². The average Bonchev–Trinajstić information content (AvgIpc) is 2.83. The Morgan fingerprint density at radius 1 is 0.757 bits per heavy atom. The summed E-state index contributed by atoms with van der Waals surface area (Å²) in [5.74, 6) is 0.0711. The van der Waals surface area contributed by atoms with E-state index < -0.39 is 16.6 Å². The minimum atomic E-state index is -0.970. The molecule has 0 spiro atoms. The number of ketones is 2. The van der Waals surface area contributed by atoms with Crippen molar-refractivity contribution in [3.05, 3.63) is 0 Å². The predicted molar refractivity (Wildman–Crippen MR) is 148 cm³/mol. The zero-order valence-corrected chi connectivity index (χ0v) is 25.0. The van der Waals surface area contributed by atoms with Crippen molar-refractivity contribution in [3.8, 4) is 0 Å². The standard InChI is InChI=1S/C29H57NO7/c1-9-29(20-31,21-36-27(5,6)25(32)16-12-10-14-18-34-23(2)3)22-37-28(7,8)26(33)17-13-11-15-19-35-24(4)30/h23-24,31H,9-22,30H2,1-8H3. The third-order valence-electron chi connectivity index (χ3n) is 6.84. The zero-order valence-electron chi connectivity index (χ0n) is 25.0. The number of nitrogens with two attached hydrogens (primary N) is 1. The highest BCUT2D eigenvalue weighted by molar-refractivity contribution is 5.86. The Labute approximate surface area is 226 Å². The van der Waals surface area contributed by atoms with Gasteiger partial charge < -0.3 is 29.8 Å². The minimum absolute atomic E-state index is 0.0266. The topological polar surface area (TPSA) is 117 Å². The Bertz CT molecular complexity index is 578. The number of aliphatic hydroxyl groups excluding tert-OH is 1. The Morgan fingerprint density at radius 3 is 1.54 bits per heavy atom. The van der Waals surface area contributed by atoms with Crippen molar-refractivity contribution in [2.45, 2.75) is 137 Å². The van der Waals surface area contributed by atoms with E-state index in [0.29, 0.717) is 32.5 Å². The number of carbonyl (C=O) groups is 2. The van der Waals surface area contributed by atoms with E-state index in [1.807, 2.05) is 20.8 Å². The Balaban J connectivity index is 4.65. The van der Waals surface area contributed by atoms with Gasteiger partial charge in [-0.3, -0.25) is 9.59 Å². The van der Waals surface area contributed by atoms with E-state index >= 15 is 0 Å². The molecule has 0 aromatic heterocycles. The van der Waals surface area contributed by atoms with E-state index in [1.54, 1.807) is 34.6 Å². The Hall–Kier alpha value is -0.900. The lowest BCUT2D eigenvalue weighted by Crippen LogP contribution is -2.45. The van der Waals surface area contributed by atoms with Gasteiger partial charge in [-0.1, -0.05) is 19.8 Å². The molecular formula is C29H57NO7. The first-order chi connectivity index (χ1) is 17.2. The van der Waals surface area contributed by atoms with Crippen molar-refractivity contribution >= 4 is 11.6 Å². The molecular weight excluding hydrogens is 474 g/mol. The molecule has 0 aliphatic heterocycles. The van der Waals surface area contributed by atoms with E-state index in [0.717, 1.165) is 38.5 Å². The molecule has 0 saturated carbocycles. The van der Waals surface area contributed by atoms with E-state index in [1.165, 1.54) is 0 Å². The summed E-state index contributed by atoms with van der Waals surface area (Å²) < 4.78 is 23.0. The maximum atomic E-state index is 12.8. The van der Waals surface area contributed by atoms with Crippen LogP contribution in [0.5, 0.6) is 0 Å². The number of hydrogen-bond acceptors (Lipinski definition) is 8. The number of aliphatic hydroxyl groups is 1. The fourth-order valence-corrected chi connectivity index (χ4v) is 3.60. The number of carbonyl (C=O) groups excluding carboxylic acids is 2. The summed E-state index contributed by atoms with van der Waals surface area (Å²) in [6.45, 7) is 16.4. The van der Waals surface area contributed by atoms with Crippen LogP contribution in [0, 0.1) is 5.41 Å². The van der Waals surface area contributed by atoms with Crippen LogP contribution in [0.3, 0.4) is 0 Å². The average molecular weight is 532 g/mol. The van der Waals surface area contributed by atoms with Gasteiger partial charge in [0.1, 0.15) is 17.4 Å². The molecule has 0 aromatic carbocycles. The largest absolute Gasteiger partial charge is 0.396 e. The summed E-state index contributed by atoms with van der Waals surface area (Å²) in [5.41, 5.74) is 2.94. The van der Waals surface area contributed by atoms with Gasteiger partial charge in [-0.05, 0) is 80.6 Å². The lowest BCUT2D eigenvalue weighted by molar-refractivity contribution is -0.161. The third-order valence-corrected chi connectivity index (χ3v) is 6.84. The first-order valence-electron chi connectivity index (χ1n) is 14.2. The van der Waals surface area contributed by atoms with E-state index in [4.69, 9.17) is 24.7 Å². The molecule has 0 radical (unpaired) electrons. The van der Waals surface area contributed by atoms with Crippen molar-refractivity contribution < 1.29 is 33.6 Å². The lowest BCUT2D eigenvalue weighted by atomic mass is 9.86.